The molecule has 0 N–H and O–H groups in total. The molecule has 0 bridgehead atoms. The summed E-state index contributed by atoms with van der Waals surface area (Å²) in [5.74, 6) is 1.92. The Morgan fingerprint density at radius 3 is 2.60 bits per heavy atom. The topological polar surface area (TPSA) is 9.23 Å². The minimum Gasteiger partial charge on any atom is -0.492 e. The van der Waals surface area contributed by atoms with Gasteiger partial charge in [0, 0.05) is 4.47 Å². The summed E-state index contributed by atoms with van der Waals surface area (Å²) in [5.41, 5.74) is 2.40. The van der Waals surface area contributed by atoms with Crippen LogP contribution in [0.1, 0.15) is 30.9 Å². The van der Waals surface area contributed by atoms with E-state index in [9.17, 15) is 0 Å². The molecule has 0 fully saturated rings. The van der Waals surface area contributed by atoms with Crippen molar-refractivity contribution < 1.29 is 4.74 Å². The van der Waals surface area contributed by atoms with Crippen LogP contribution in [0.3, 0.4) is 0 Å². The molecular formula is C12H16BrClO. The van der Waals surface area contributed by atoms with Gasteiger partial charge in [-0.15, -0.1) is 11.6 Å². The van der Waals surface area contributed by atoms with Gasteiger partial charge in [-0.05, 0) is 36.1 Å². The van der Waals surface area contributed by atoms with Gasteiger partial charge in [0.15, 0.2) is 0 Å². The highest BCUT2D eigenvalue weighted by molar-refractivity contribution is 9.10. The molecule has 0 aromatic heterocycles. The van der Waals surface area contributed by atoms with Crippen LogP contribution < -0.4 is 4.74 Å². The van der Waals surface area contributed by atoms with Gasteiger partial charge in [0.25, 0.3) is 0 Å². The minimum absolute atomic E-state index is 0.451. The quantitative estimate of drug-likeness (QED) is 0.742. The van der Waals surface area contributed by atoms with Crippen molar-refractivity contribution >= 4 is 27.5 Å². The molecule has 1 aromatic rings. The van der Waals surface area contributed by atoms with E-state index in [4.69, 9.17) is 16.3 Å². The van der Waals surface area contributed by atoms with Crippen molar-refractivity contribution in [1.82, 2.24) is 0 Å². The second-order valence-electron chi connectivity index (χ2n) is 3.83. The maximum absolute atomic E-state index is 5.63. The number of ether oxygens (including phenoxy) is 1. The van der Waals surface area contributed by atoms with Crippen molar-refractivity contribution in [3.63, 3.8) is 0 Å². The van der Waals surface area contributed by atoms with Gasteiger partial charge in [0.2, 0.25) is 0 Å². The van der Waals surface area contributed by atoms with E-state index in [1.165, 1.54) is 11.1 Å². The van der Waals surface area contributed by atoms with Crippen LogP contribution in [0.2, 0.25) is 0 Å². The number of aryl methyl sites for hydroxylation is 1. The molecule has 1 aromatic carbocycles. The Balaban J connectivity index is 3.04. The lowest BCUT2D eigenvalue weighted by Gasteiger charge is -2.15. The summed E-state index contributed by atoms with van der Waals surface area (Å²) < 4.78 is 6.76. The number of hydrogen-bond donors (Lipinski definition) is 0. The van der Waals surface area contributed by atoms with E-state index in [1.807, 2.05) is 0 Å². The van der Waals surface area contributed by atoms with Crippen molar-refractivity contribution in [1.29, 1.82) is 0 Å². The van der Waals surface area contributed by atoms with Gasteiger partial charge in [-0.1, -0.05) is 29.8 Å². The molecule has 0 spiro atoms. The SMILES string of the molecule is Cc1cc(OCCCl)c(C(C)C)cc1Br. The first-order valence-electron chi connectivity index (χ1n) is 5.05. The Hall–Kier alpha value is -0.210. The van der Waals surface area contributed by atoms with E-state index >= 15 is 0 Å². The molecule has 0 atom stereocenters. The summed E-state index contributed by atoms with van der Waals surface area (Å²) in [5, 5.41) is 0. The van der Waals surface area contributed by atoms with Gasteiger partial charge in [0.1, 0.15) is 12.4 Å². The fourth-order valence-corrected chi connectivity index (χ4v) is 1.83. The molecule has 0 saturated carbocycles. The van der Waals surface area contributed by atoms with Crippen molar-refractivity contribution in [2.75, 3.05) is 12.5 Å². The number of rotatable bonds is 4. The standard InChI is InChI=1S/C12H16BrClO/c1-8(2)10-7-11(13)9(3)6-12(10)15-5-4-14/h6-8H,4-5H2,1-3H3. The van der Waals surface area contributed by atoms with Gasteiger partial charge in [-0.25, -0.2) is 0 Å². The average Bonchev–Trinajstić information content (AvgIpc) is 2.19. The van der Waals surface area contributed by atoms with E-state index in [1.54, 1.807) is 0 Å². The molecule has 15 heavy (non-hydrogen) atoms. The second kappa shape index (κ2) is 5.76. The molecule has 1 rings (SSSR count). The molecule has 0 aliphatic rings. The van der Waals surface area contributed by atoms with Gasteiger partial charge in [-0.3, -0.25) is 0 Å². The molecule has 3 heteroatoms. The lowest BCUT2D eigenvalue weighted by Crippen LogP contribution is -2.02. The Labute approximate surface area is 105 Å². The fourth-order valence-electron chi connectivity index (χ4n) is 1.40. The molecule has 0 radical (unpaired) electrons. The van der Waals surface area contributed by atoms with Crippen LogP contribution >= 0.6 is 27.5 Å². The minimum atomic E-state index is 0.451. The molecule has 0 amide bonds. The molecule has 0 aliphatic heterocycles. The smallest absolute Gasteiger partial charge is 0.123 e. The third-order valence-corrected chi connectivity index (χ3v) is 3.26. The summed E-state index contributed by atoms with van der Waals surface area (Å²) in [6.07, 6.45) is 0. The highest BCUT2D eigenvalue weighted by Crippen LogP contribution is 2.32. The van der Waals surface area contributed by atoms with Crippen LogP contribution in [0, 0.1) is 6.92 Å². The fraction of sp³-hybridized carbons (Fsp3) is 0.500. The molecule has 0 saturated heterocycles. The van der Waals surface area contributed by atoms with Crippen molar-refractivity contribution in [3.8, 4) is 5.75 Å². The van der Waals surface area contributed by atoms with Crippen LogP contribution in [-0.4, -0.2) is 12.5 Å². The summed E-state index contributed by atoms with van der Waals surface area (Å²) >= 11 is 9.16. The zero-order valence-corrected chi connectivity index (χ0v) is 11.7. The normalized spacial score (nSPS) is 10.8. The van der Waals surface area contributed by atoms with Crippen LogP contribution in [0.25, 0.3) is 0 Å². The van der Waals surface area contributed by atoms with Crippen molar-refractivity contribution in [2.45, 2.75) is 26.7 Å². The largest absolute Gasteiger partial charge is 0.492 e. The summed E-state index contributed by atoms with van der Waals surface area (Å²) in [4.78, 5) is 0. The Bertz CT molecular complexity index is 337. The van der Waals surface area contributed by atoms with Gasteiger partial charge in [-0.2, -0.15) is 0 Å². The number of benzene rings is 1. The number of halogens is 2. The molecule has 84 valence electrons. The van der Waals surface area contributed by atoms with E-state index < -0.39 is 0 Å². The first-order valence-corrected chi connectivity index (χ1v) is 6.37. The summed E-state index contributed by atoms with van der Waals surface area (Å²) in [6, 6.07) is 4.19. The molecule has 1 nitrogen and oxygen atoms in total. The van der Waals surface area contributed by atoms with Gasteiger partial charge < -0.3 is 4.74 Å². The first-order chi connectivity index (χ1) is 7.06. The lowest BCUT2D eigenvalue weighted by atomic mass is 10.0. The van der Waals surface area contributed by atoms with Crippen LogP contribution in [0.5, 0.6) is 5.75 Å². The zero-order chi connectivity index (χ0) is 11.4. The van der Waals surface area contributed by atoms with E-state index in [0.717, 1.165) is 10.2 Å². The second-order valence-corrected chi connectivity index (χ2v) is 5.06. The van der Waals surface area contributed by atoms with E-state index in [2.05, 4.69) is 48.8 Å². The summed E-state index contributed by atoms with van der Waals surface area (Å²) in [7, 11) is 0. The first kappa shape index (κ1) is 12.9. The van der Waals surface area contributed by atoms with Crippen LogP contribution in [0.15, 0.2) is 16.6 Å². The number of alkyl halides is 1. The molecule has 0 unspecified atom stereocenters. The predicted molar refractivity (Wildman–Crippen MR) is 69.2 cm³/mol. The molecule has 0 aliphatic carbocycles. The molecular weight excluding hydrogens is 275 g/mol. The average molecular weight is 292 g/mol. The van der Waals surface area contributed by atoms with Crippen LogP contribution in [0.4, 0.5) is 0 Å². The zero-order valence-electron chi connectivity index (χ0n) is 9.31. The Kier molecular flexibility index (Phi) is 4.94. The maximum atomic E-state index is 5.63. The third kappa shape index (κ3) is 3.39. The highest BCUT2D eigenvalue weighted by Gasteiger charge is 2.10. The third-order valence-electron chi connectivity index (χ3n) is 2.25. The Morgan fingerprint density at radius 2 is 2.07 bits per heavy atom. The predicted octanol–water partition coefficient (Wildman–Crippen LogP) is 4.50. The number of hydrogen-bond acceptors (Lipinski definition) is 1. The van der Waals surface area contributed by atoms with Crippen molar-refractivity contribution in [3.05, 3.63) is 27.7 Å². The van der Waals surface area contributed by atoms with Gasteiger partial charge >= 0.3 is 0 Å². The molecule has 0 heterocycles. The van der Waals surface area contributed by atoms with E-state index in [0.29, 0.717) is 18.4 Å². The highest BCUT2D eigenvalue weighted by atomic mass is 79.9. The maximum Gasteiger partial charge on any atom is 0.123 e. The monoisotopic (exact) mass is 290 g/mol. The Morgan fingerprint density at radius 1 is 1.40 bits per heavy atom. The van der Waals surface area contributed by atoms with Crippen LogP contribution in [-0.2, 0) is 0 Å². The van der Waals surface area contributed by atoms with Gasteiger partial charge in [0.05, 0.1) is 5.88 Å². The summed E-state index contributed by atoms with van der Waals surface area (Å²) in [6.45, 7) is 6.93. The van der Waals surface area contributed by atoms with Crippen molar-refractivity contribution in [2.24, 2.45) is 0 Å². The lowest BCUT2D eigenvalue weighted by molar-refractivity contribution is 0.337. The van der Waals surface area contributed by atoms with E-state index in [-0.39, 0.29) is 0 Å².